The topological polar surface area (TPSA) is 64.9 Å². The highest BCUT2D eigenvalue weighted by Gasteiger charge is 2.16. The van der Waals surface area contributed by atoms with Gasteiger partial charge in [-0.05, 0) is 29.5 Å². The van der Waals surface area contributed by atoms with Crippen molar-refractivity contribution >= 4 is 6.01 Å². The second-order valence-corrected chi connectivity index (χ2v) is 5.23. The van der Waals surface area contributed by atoms with E-state index < -0.39 is 0 Å². The van der Waals surface area contributed by atoms with Crippen LogP contribution in [0.4, 0.5) is 6.01 Å². The van der Waals surface area contributed by atoms with E-state index in [1.807, 2.05) is 13.0 Å². The van der Waals surface area contributed by atoms with Crippen LogP contribution in [0, 0.1) is 6.92 Å². The van der Waals surface area contributed by atoms with Crippen LogP contribution in [-0.2, 0) is 5.41 Å². The van der Waals surface area contributed by atoms with Gasteiger partial charge in [-0.3, -0.25) is 0 Å². The fraction of sp³-hybridized carbons (Fsp3) is 0.385. The molecule has 2 aromatic rings. The molecular formula is C13H17N3O. The van der Waals surface area contributed by atoms with Gasteiger partial charge >= 0.3 is 6.01 Å². The molecule has 0 fully saturated rings. The number of nitrogens with two attached hydrogens (primary N) is 1. The number of nitrogens with zero attached hydrogens (tertiary/aromatic N) is 2. The molecule has 17 heavy (non-hydrogen) atoms. The molecule has 0 unspecified atom stereocenters. The number of hydrogen-bond donors (Lipinski definition) is 1. The van der Waals surface area contributed by atoms with Crippen molar-refractivity contribution in [2.24, 2.45) is 0 Å². The molecule has 0 saturated carbocycles. The second kappa shape index (κ2) is 3.87. The summed E-state index contributed by atoms with van der Waals surface area (Å²) in [5.41, 5.74) is 8.89. The Hall–Kier alpha value is -1.84. The zero-order valence-corrected chi connectivity index (χ0v) is 10.6. The molecule has 0 atom stereocenters. The van der Waals surface area contributed by atoms with Gasteiger partial charge in [0, 0.05) is 5.56 Å². The smallest absolute Gasteiger partial charge is 0.313 e. The van der Waals surface area contributed by atoms with E-state index in [0.717, 1.165) is 11.1 Å². The number of aromatic nitrogens is 2. The summed E-state index contributed by atoms with van der Waals surface area (Å²) >= 11 is 0. The number of anilines is 1. The first-order valence-electron chi connectivity index (χ1n) is 5.58. The third kappa shape index (κ3) is 2.30. The lowest BCUT2D eigenvalue weighted by molar-refractivity contribution is 0.584. The number of nitrogen functional groups attached to an aromatic ring is 1. The minimum absolute atomic E-state index is 0.0966. The van der Waals surface area contributed by atoms with Crippen LogP contribution in [0.5, 0.6) is 0 Å². The third-order valence-corrected chi connectivity index (χ3v) is 2.76. The summed E-state index contributed by atoms with van der Waals surface area (Å²) in [7, 11) is 0. The number of benzene rings is 1. The lowest BCUT2D eigenvalue weighted by atomic mass is 9.85. The van der Waals surface area contributed by atoms with Gasteiger partial charge in [-0.25, -0.2) is 0 Å². The van der Waals surface area contributed by atoms with Crippen LogP contribution in [0.1, 0.15) is 31.9 Å². The standard InChI is InChI=1S/C13H17N3O/c1-8-7-9(13(2,3)4)5-6-10(8)11-15-16-12(14)17-11/h5-7H,1-4H3,(H2,14,16). The van der Waals surface area contributed by atoms with E-state index in [2.05, 4.69) is 43.1 Å². The van der Waals surface area contributed by atoms with Crippen LogP contribution in [0.25, 0.3) is 11.5 Å². The average molecular weight is 231 g/mol. The van der Waals surface area contributed by atoms with E-state index in [-0.39, 0.29) is 11.4 Å². The molecule has 0 bridgehead atoms. The molecule has 2 N–H and O–H groups in total. The van der Waals surface area contributed by atoms with Gasteiger partial charge < -0.3 is 10.2 Å². The molecule has 0 aliphatic rings. The molecule has 0 radical (unpaired) electrons. The lowest BCUT2D eigenvalue weighted by Crippen LogP contribution is -2.11. The molecule has 90 valence electrons. The van der Waals surface area contributed by atoms with Crippen molar-refractivity contribution in [3.05, 3.63) is 29.3 Å². The summed E-state index contributed by atoms with van der Waals surface area (Å²) < 4.78 is 5.23. The second-order valence-electron chi connectivity index (χ2n) is 5.23. The molecular weight excluding hydrogens is 214 g/mol. The van der Waals surface area contributed by atoms with Gasteiger partial charge in [0.25, 0.3) is 0 Å². The van der Waals surface area contributed by atoms with E-state index in [1.54, 1.807) is 0 Å². The van der Waals surface area contributed by atoms with Crippen LogP contribution in [0.2, 0.25) is 0 Å². The van der Waals surface area contributed by atoms with E-state index in [4.69, 9.17) is 10.2 Å². The number of aryl methyl sites for hydroxylation is 1. The molecule has 0 aliphatic heterocycles. The van der Waals surface area contributed by atoms with E-state index in [0.29, 0.717) is 5.89 Å². The van der Waals surface area contributed by atoms with Gasteiger partial charge in [0.15, 0.2) is 0 Å². The summed E-state index contributed by atoms with van der Waals surface area (Å²) in [6.45, 7) is 8.59. The average Bonchev–Trinajstić information content (AvgIpc) is 2.63. The normalized spacial score (nSPS) is 11.8. The van der Waals surface area contributed by atoms with E-state index in [9.17, 15) is 0 Å². The first-order valence-corrected chi connectivity index (χ1v) is 5.58. The molecule has 2 rings (SSSR count). The lowest BCUT2D eigenvalue weighted by Gasteiger charge is -2.20. The maximum absolute atomic E-state index is 5.42. The van der Waals surface area contributed by atoms with Crippen molar-refractivity contribution in [1.82, 2.24) is 10.2 Å². The Bertz CT molecular complexity index is 538. The highest BCUT2D eigenvalue weighted by atomic mass is 16.4. The largest absolute Gasteiger partial charge is 0.404 e. The highest BCUT2D eigenvalue weighted by molar-refractivity contribution is 5.59. The van der Waals surface area contributed by atoms with E-state index in [1.165, 1.54) is 5.56 Å². The SMILES string of the molecule is Cc1cc(C(C)(C)C)ccc1-c1nnc(N)o1. The van der Waals surface area contributed by atoms with Crippen molar-refractivity contribution in [1.29, 1.82) is 0 Å². The molecule has 0 aliphatic carbocycles. The molecule has 0 spiro atoms. The van der Waals surface area contributed by atoms with Crippen molar-refractivity contribution in [2.45, 2.75) is 33.1 Å². The summed E-state index contributed by atoms with van der Waals surface area (Å²) in [5.74, 6) is 0.473. The number of rotatable bonds is 1. The van der Waals surface area contributed by atoms with E-state index >= 15 is 0 Å². The Morgan fingerprint density at radius 3 is 2.35 bits per heavy atom. The summed E-state index contributed by atoms with van der Waals surface area (Å²) in [4.78, 5) is 0. The zero-order valence-electron chi connectivity index (χ0n) is 10.6. The zero-order chi connectivity index (χ0) is 12.6. The fourth-order valence-electron chi connectivity index (χ4n) is 1.71. The maximum atomic E-state index is 5.42. The van der Waals surface area contributed by atoms with Crippen molar-refractivity contribution in [2.75, 3.05) is 5.73 Å². The first-order chi connectivity index (χ1) is 7.88. The van der Waals surface area contributed by atoms with Crippen molar-refractivity contribution < 1.29 is 4.42 Å². The Labute approximate surface area is 101 Å². The molecule has 0 saturated heterocycles. The predicted octanol–water partition coefficient (Wildman–Crippen LogP) is 2.92. The van der Waals surface area contributed by atoms with Gasteiger partial charge in [0.1, 0.15) is 0 Å². The molecule has 1 aromatic carbocycles. The molecule has 0 amide bonds. The van der Waals surface area contributed by atoms with Crippen molar-refractivity contribution in [3.8, 4) is 11.5 Å². The minimum atomic E-state index is 0.0966. The monoisotopic (exact) mass is 231 g/mol. The Morgan fingerprint density at radius 1 is 1.18 bits per heavy atom. The van der Waals surface area contributed by atoms with Crippen molar-refractivity contribution in [3.63, 3.8) is 0 Å². The number of hydrogen-bond acceptors (Lipinski definition) is 4. The minimum Gasteiger partial charge on any atom is -0.404 e. The van der Waals surface area contributed by atoms with Crippen LogP contribution in [-0.4, -0.2) is 10.2 Å². The first kappa shape index (κ1) is 11.6. The van der Waals surface area contributed by atoms with Gasteiger partial charge in [0.2, 0.25) is 5.89 Å². The predicted molar refractivity (Wildman–Crippen MR) is 67.6 cm³/mol. The summed E-state index contributed by atoms with van der Waals surface area (Å²) in [6.07, 6.45) is 0. The van der Waals surface area contributed by atoms with Crippen LogP contribution >= 0.6 is 0 Å². The van der Waals surface area contributed by atoms with Gasteiger partial charge in [-0.2, -0.15) is 0 Å². The van der Waals surface area contributed by atoms with Crippen LogP contribution in [0.3, 0.4) is 0 Å². The molecule has 1 heterocycles. The molecule has 1 aromatic heterocycles. The van der Waals surface area contributed by atoms with Gasteiger partial charge in [-0.15, -0.1) is 5.10 Å². The van der Waals surface area contributed by atoms with Gasteiger partial charge in [0.05, 0.1) is 0 Å². The van der Waals surface area contributed by atoms with Gasteiger partial charge in [-0.1, -0.05) is 38.0 Å². The summed E-state index contributed by atoms with van der Waals surface area (Å²) in [5, 5.41) is 7.56. The highest BCUT2D eigenvalue weighted by Crippen LogP contribution is 2.28. The third-order valence-electron chi connectivity index (χ3n) is 2.76. The Morgan fingerprint density at radius 2 is 1.88 bits per heavy atom. The van der Waals surface area contributed by atoms with Crippen LogP contribution in [0.15, 0.2) is 22.6 Å². The fourth-order valence-corrected chi connectivity index (χ4v) is 1.71. The summed E-state index contributed by atoms with van der Waals surface area (Å²) in [6, 6.07) is 6.33. The maximum Gasteiger partial charge on any atom is 0.313 e. The van der Waals surface area contributed by atoms with Crippen LogP contribution < -0.4 is 5.73 Å². The Balaban J connectivity index is 2.45. The quantitative estimate of drug-likeness (QED) is 0.819. The molecule has 4 nitrogen and oxygen atoms in total. The Kier molecular flexibility index (Phi) is 2.65. The molecule has 4 heteroatoms.